The van der Waals surface area contributed by atoms with E-state index < -0.39 is 16.4 Å². The van der Waals surface area contributed by atoms with E-state index in [0.717, 1.165) is 17.0 Å². The van der Waals surface area contributed by atoms with Crippen molar-refractivity contribution in [1.29, 1.82) is 0 Å². The van der Waals surface area contributed by atoms with Crippen LogP contribution in [0.1, 0.15) is 5.56 Å². The molecule has 0 amide bonds. The van der Waals surface area contributed by atoms with E-state index in [0.29, 0.717) is 5.65 Å². The summed E-state index contributed by atoms with van der Waals surface area (Å²) in [5, 5.41) is 11.4. The van der Waals surface area contributed by atoms with E-state index in [2.05, 4.69) is 15.0 Å². The fraction of sp³-hybridized carbons (Fsp3) is 0.0769. The first-order valence-corrected chi connectivity index (χ1v) is 5.98. The lowest BCUT2D eigenvalue weighted by Gasteiger charge is -2.06. The monoisotopic (exact) mass is 288 g/mol. The summed E-state index contributed by atoms with van der Waals surface area (Å²) >= 11 is 0. The second-order valence-electron chi connectivity index (χ2n) is 4.23. The van der Waals surface area contributed by atoms with Gasteiger partial charge in [-0.15, -0.1) is 0 Å². The second-order valence-corrected chi connectivity index (χ2v) is 4.23. The third kappa shape index (κ3) is 2.38. The Labute approximate surface area is 117 Å². The molecule has 1 N–H and O–H groups in total. The highest BCUT2D eigenvalue weighted by Crippen LogP contribution is 2.27. The normalized spacial score (nSPS) is 10.7. The Morgan fingerprint density at radius 1 is 1.43 bits per heavy atom. The highest BCUT2D eigenvalue weighted by Gasteiger charge is 2.18. The number of ether oxygens (including phenoxy) is 1. The first kappa shape index (κ1) is 13.0. The molecule has 0 saturated heterocycles. The number of H-pyrrole nitrogens is 1. The molecule has 1 aromatic carbocycles. The molecular weight excluding hydrogens is 279 g/mol. The number of nitrogens with one attached hydrogen (secondary N) is 1. The van der Waals surface area contributed by atoms with E-state index in [1.54, 1.807) is 12.4 Å². The van der Waals surface area contributed by atoms with Crippen LogP contribution in [-0.2, 0) is 6.61 Å². The predicted octanol–water partition coefficient (Wildman–Crippen LogP) is 2.58. The van der Waals surface area contributed by atoms with E-state index in [4.69, 9.17) is 4.74 Å². The van der Waals surface area contributed by atoms with Gasteiger partial charge in [0.2, 0.25) is 5.82 Å². The van der Waals surface area contributed by atoms with Crippen molar-refractivity contribution in [1.82, 2.24) is 15.0 Å². The highest BCUT2D eigenvalue weighted by molar-refractivity contribution is 5.78. The van der Waals surface area contributed by atoms with E-state index in [1.165, 1.54) is 18.5 Å². The fourth-order valence-electron chi connectivity index (χ4n) is 1.94. The van der Waals surface area contributed by atoms with Gasteiger partial charge in [0, 0.05) is 29.4 Å². The van der Waals surface area contributed by atoms with Crippen LogP contribution < -0.4 is 4.74 Å². The summed E-state index contributed by atoms with van der Waals surface area (Å²) in [6, 6.07) is 3.80. The van der Waals surface area contributed by atoms with Gasteiger partial charge >= 0.3 is 5.69 Å². The van der Waals surface area contributed by atoms with Crippen LogP contribution in [0.25, 0.3) is 11.0 Å². The zero-order valence-corrected chi connectivity index (χ0v) is 10.6. The molecule has 21 heavy (non-hydrogen) atoms. The maximum absolute atomic E-state index is 13.9. The number of nitrogens with zero attached hydrogens (tertiary/aromatic N) is 3. The van der Waals surface area contributed by atoms with E-state index in [-0.39, 0.29) is 12.4 Å². The summed E-state index contributed by atoms with van der Waals surface area (Å²) in [4.78, 5) is 20.7. The predicted molar refractivity (Wildman–Crippen MR) is 71.3 cm³/mol. The maximum Gasteiger partial charge on any atom is 0.308 e. The van der Waals surface area contributed by atoms with Crippen LogP contribution in [-0.4, -0.2) is 19.9 Å². The summed E-state index contributed by atoms with van der Waals surface area (Å²) in [7, 11) is 0. The molecule has 0 aliphatic rings. The number of rotatable bonds is 4. The molecule has 2 aromatic heterocycles. The quantitative estimate of drug-likeness (QED) is 0.588. The summed E-state index contributed by atoms with van der Waals surface area (Å²) in [5.41, 5.74) is 0.759. The summed E-state index contributed by atoms with van der Waals surface area (Å²) in [6.07, 6.45) is 4.69. The molecule has 8 heteroatoms. The summed E-state index contributed by atoms with van der Waals surface area (Å²) < 4.78 is 19.2. The molecule has 0 bridgehead atoms. The summed E-state index contributed by atoms with van der Waals surface area (Å²) in [5.74, 6) is -1.16. The SMILES string of the molecule is O=[N+]([O-])c1cccc(OCc2c[nH]c3ncncc23)c1F. The minimum atomic E-state index is -0.987. The molecule has 3 rings (SSSR count). The number of fused-ring (bicyclic) bond motifs is 1. The maximum atomic E-state index is 13.9. The molecule has 7 nitrogen and oxygen atoms in total. The summed E-state index contributed by atoms with van der Waals surface area (Å²) in [6.45, 7) is 0.0471. The number of aromatic amines is 1. The first-order chi connectivity index (χ1) is 10.2. The molecule has 0 atom stereocenters. The van der Waals surface area contributed by atoms with Gasteiger partial charge in [0.1, 0.15) is 18.6 Å². The molecule has 0 radical (unpaired) electrons. The number of hydrogen-bond acceptors (Lipinski definition) is 5. The minimum absolute atomic E-state index is 0.0471. The Morgan fingerprint density at radius 2 is 2.29 bits per heavy atom. The smallest absolute Gasteiger partial charge is 0.308 e. The average molecular weight is 288 g/mol. The van der Waals surface area contributed by atoms with Gasteiger partial charge in [0.25, 0.3) is 0 Å². The first-order valence-electron chi connectivity index (χ1n) is 5.98. The number of nitro groups is 1. The van der Waals surface area contributed by atoms with E-state index in [1.807, 2.05) is 0 Å². The molecule has 0 fully saturated rings. The van der Waals surface area contributed by atoms with Crippen LogP contribution in [0.2, 0.25) is 0 Å². The Hall–Kier alpha value is -3.03. The molecule has 3 aromatic rings. The molecular formula is C13H9FN4O3. The van der Waals surface area contributed by atoms with E-state index in [9.17, 15) is 14.5 Å². The van der Waals surface area contributed by atoms with Crippen LogP contribution in [0.5, 0.6) is 5.75 Å². The van der Waals surface area contributed by atoms with Crippen LogP contribution >= 0.6 is 0 Å². The van der Waals surface area contributed by atoms with Crippen molar-refractivity contribution < 1.29 is 14.1 Å². The number of halogens is 1. The Bertz CT molecular complexity index is 818. The van der Waals surface area contributed by atoms with Crippen molar-refractivity contribution in [2.45, 2.75) is 6.61 Å². The molecule has 0 aliphatic carbocycles. The number of benzene rings is 1. The van der Waals surface area contributed by atoms with Crippen LogP contribution in [0.15, 0.2) is 36.9 Å². The lowest BCUT2D eigenvalue weighted by atomic mass is 10.2. The van der Waals surface area contributed by atoms with Gasteiger partial charge in [0.15, 0.2) is 5.75 Å². The van der Waals surface area contributed by atoms with Gasteiger partial charge in [-0.3, -0.25) is 10.1 Å². The van der Waals surface area contributed by atoms with Crippen molar-refractivity contribution in [3.05, 3.63) is 58.4 Å². The molecule has 0 saturated carbocycles. The van der Waals surface area contributed by atoms with Gasteiger partial charge < -0.3 is 9.72 Å². The van der Waals surface area contributed by atoms with Gasteiger partial charge in [-0.05, 0) is 6.07 Å². The van der Waals surface area contributed by atoms with Crippen molar-refractivity contribution in [3.63, 3.8) is 0 Å². The van der Waals surface area contributed by atoms with Crippen molar-refractivity contribution in [2.24, 2.45) is 0 Å². The minimum Gasteiger partial charge on any atom is -0.485 e. The van der Waals surface area contributed by atoms with Crippen LogP contribution in [0.4, 0.5) is 10.1 Å². The fourth-order valence-corrected chi connectivity index (χ4v) is 1.94. The molecule has 106 valence electrons. The van der Waals surface area contributed by atoms with Gasteiger partial charge in [-0.1, -0.05) is 6.07 Å². The van der Waals surface area contributed by atoms with Crippen LogP contribution in [0, 0.1) is 15.9 Å². The van der Waals surface area contributed by atoms with Crippen molar-refractivity contribution in [3.8, 4) is 5.75 Å². The molecule has 0 spiro atoms. The molecule has 0 unspecified atom stereocenters. The lowest BCUT2D eigenvalue weighted by Crippen LogP contribution is -1.99. The third-order valence-electron chi connectivity index (χ3n) is 2.96. The number of nitro benzene ring substituents is 1. The zero-order chi connectivity index (χ0) is 14.8. The standard InChI is InChI=1S/C13H9FN4O3/c14-12-10(18(19)20)2-1-3-11(12)21-6-8-4-16-13-9(8)5-15-7-17-13/h1-5,7H,6H2,(H,15,16,17). The molecule has 2 heterocycles. The average Bonchev–Trinajstić information content (AvgIpc) is 2.89. The highest BCUT2D eigenvalue weighted by atomic mass is 19.1. The van der Waals surface area contributed by atoms with Gasteiger partial charge in [-0.2, -0.15) is 4.39 Å². The topological polar surface area (TPSA) is 93.9 Å². The lowest BCUT2D eigenvalue weighted by molar-refractivity contribution is -0.387. The molecule has 0 aliphatic heterocycles. The largest absolute Gasteiger partial charge is 0.485 e. The number of hydrogen-bond donors (Lipinski definition) is 1. The third-order valence-corrected chi connectivity index (χ3v) is 2.96. The van der Waals surface area contributed by atoms with Crippen molar-refractivity contribution in [2.75, 3.05) is 0 Å². The van der Waals surface area contributed by atoms with Crippen LogP contribution in [0.3, 0.4) is 0 Å². The zero-order valence-electron chi connectivity index (χ0n) is 10.6. The number of aromatic nitrogens is 3. The Kier molecular flexibility index (Phi) is 3.19. The van der Waals surface area contributed by atoms with Crippen molar-refractivity contribution >= 4 is 16.7 Å². The Balaban J connectivity index is 1.85. The van der Waals surface area contributed by atoms with E-state index >= 15 is 0 Å². The van der Waals surface area contributed by atoms with Gasteiger partial charge in [0.05, 0.1) is 4.92 Å². The van der Waals surface area contributed by atoms with Gasteiger partial charge in [-0.25, -0.2) is 9.97 Å². The Morgan fingerprint density at radius 3 is 3.10 bits per heavy atom. The second kappa shape index (κ2) is 5.16.